The Morgan fingerprint density at radius 1 is 1.22 bits per heavy atom. The highest BCUT2D eigenvalue weighted by atomic mass is 19.1. The molecule has 0 aliphatic rings. The Bertz CT molecular complexity index is 570. The number of anilines is 3. The normalized spacial score (nSPS) is 10.2. The minimum absolute atomic E-state index is 0.249. The lowest BCUT2D eigenvalue weighted by molar-refractivity contribution is 0.417. The summed E-state index contributed by atoms with van der Waals surface area (Å²) in [6.07, 6.45) is 0. The van der Waals surface area contributed by atoms with Crippen LogP contribution in [-0.2, 0) is 0 Å². The van der Waals surface area contributed by atoms with Gasteiger partial charge in [0.1, 0.15) is 11.6 Å². The van der Waals surface area contributed by atoms with Gasteiger partial charge < -0.3 is 15.8 Å². The summed E-state index contributed by atoms with van der Waals surface area (Å²) >= 11 is 0. The SMILES string of the molecule is COc1cccc(Nc2ccc(C)c(F)c2)c1N. The van der Waals surface area contributed by atoms with E-state index in [1.54, 1.807) is 32.2 Å². The highest BCUT2D eigenvalue weighted by Gasteiger charge is 2.06. The second-order valence-corrected chi connectivity index (χ2v) is 4.01. The molecule has 2 aromatic rings. The van der Waals surface area contributed by atoms with E-state index in [0.29, 0.717) is 28.4 Å². The molecule has 0 fully saturated rings. The van der Waals surface area contributed by atoms with Crippen molar-refractivity contribution in [2.75, 3.05) is 18.2 Å². The van der Waals surface area contributed by atoms with Crippen molar-refractivity contribution in [3.8, 4) is 5.75 Å². The average molecular weight is 246 g/mol. The van der Waals surface area contributed by atoms with Crippen molar-refractivity contribution in [2.45, 2.75) is 6.92 Å². The number of hydrogen-bond acceptors (Lipinski definition) is 3. The molecule has 2 rings (SSSR count). The summed E-state index contributed by atoms with van der Waals surface area (Å²) in [5.41, 5.74) is 8.38. The molecule has 0 aliphatic carbocycles. The van der Waals surface area contributed by atoms with Crippen molar-refractivity contribution in [1.29, 1.82) is 0 Å². The van der Waals surface area contributed by atoms with Gasteiger partial charge in [-0.2, -0.15) is 0 Å². The molecule has 0 heterocycles. The van der Waals surface area contributed by atoms with Crippen LogP contribution in [0.5, 0.6) is 5.75 Å². The molecular weight excluding hydrogens is 231 g/mol. The molecule has 0 saturated carbocycles. The van der Waals surface area contributed by atoms with E-state index in [4.69, 9.17) is 10.5 Å². The van der Waals surface area contributed by atoms with E-state index in [9.17, 15) is 4.39 Å². The van der Waals surface area contributed by atoms with Crippen LogP contribution in [0, 0.1) is 12.7 Å². The Balaban J connectivity index is 2.31. The zero-order valence-electron chi connectivity index (χ0n) is 10.3. The molecule has 4 heteroatoms. The van der Waals surface area contributed by atoms with E-state index in [2.05, 4.69) is 5.32 Å². The Hall–Kier alpha value is -2.23. The van der Waals surface area contributed by atoms with Gasteiger partial charge in [-0.25, -0.2) is 4.39 Å². The van der Waals surface area contributed by atoms with Crippen LogP contribution < -0.4 is 15.8 Å². The largest absolute Gasteiger partial charge is 0.495 e. The maximum Gasteiger partial charge on any atom is 0.143 e. The van der Waals surface area contributed by atoms with Crippen molar-refractivity contribution < 1.29 is 9.13 Å². The molecule has 0 bridgehead atoms. The van der Waals surface area contributed by atoms with Gasteiger partial charge in [0.2, 0.25) is 0 Å². The summed E-state index contributed by atoms with van der Waals surface area (Å²) in [6.45, 7) is 1.72. The standard InChI is InChI=1S/C14H15FN2O/c1-9-6-7-10(8-11(9)15)17-12-4-3-5-13(18-2)14(12)16/h3-8,17H,16H2,1-2H3. The molecule has 3 nitrogen and oxygen atoms in total. The first-order chi connectivity index (χ1) is 8.61. The Morgan fingerprint density at radius 3 is 2.67 bits per heavy atom. The Labute approximate surface area is 105 Å². The van der Waals surface area contributed by atoms with E-state index in [1.165, 1.54) is 6.07 Å². The zero-order chi connectivity index (χ0) is 13.1. The fourth-order valence-corrected chi connectivity index (χ4v) is 1.66. The number of para-hydroxylation sites is 1. The molecule has 0 spiro atoms. The number of nitrogens with two attached hydrogens (primary N) is 1. The number of rotatable bonds is 3. The van der Waals surface area contributed by atoms with Crippen molar-refractivity contribution >= 4 is 17.1 Å². The van der Waals surface area contributed by atoms with E-state index in [-0.39, 0.29) is 5.82 Å². The maximum atomic E-state index is 13.4. The molecule has 18 heavy (non-hydrogen) atoms. The topological polar surface area (TPSA) is 47.3 Å². The summed E-state index contributed by atoms with van der Waals surface area (Å²) in [6, 6.07) is 10.4. The maximum absolute atomic E-state index is 13.4. The van der Waals surface area contributed by atoms with Gasteiger partial charge in [0.05, 0.1) is 18.5 Å². The number of benzene rings is 2. The van der Waals surface area contributed by atoms with E-state index < -0.39 is 0 Å². The predicted octanol–water partition coefficient (Wildman–Crippen LogP) is 3.47. The number of halogens is 1. The fourth-order valence-electron chi connectivity index (χ4n) is 1.66. The first-order valence-electron chi connectivity index (χ1n) is 5.57. The Kier molecular flexibility index (Phi) is 3.37. The second-order valence-electron chi connectivity index (χ2n) is 4.01. The quantitative estimate of drug-likeness (QED) is 0.815. The molecule has 0 atom stereocenters. The Morgan fingerprint density at radius 2 is 2.00 bits per heavy atom. The average Bonchev–Trinajstić information content (AvgIpc) is 2.36. The number of ether oxygens (including phenoxy) is 1. The van der Waals surface area contributed by atoms with Crippen molar-refractivity contribution in [2.24, 2.45) is 0 Å². The van der Waals surface area contributed by atoms with Crippen LogP contribution in [0.4, 0.5) is 21.5 Å². The van der Waals surface area contributed by atoms with Crippen molar-refractivity contribution in [3.63, 3.8) is 0 Å². The summed E-state index contributed by atoms with van der Waals surface area (Å²) in [7, 11) is 1.56. The van der Waals surface area contributed by atoms with Gasteiger partial charge in [-0.15, -0.1) is 0 Å². The molecule has 0 amide bonds. The van der Waals surface area contributed by atoms with Crippen LogP contribution >= 0.6 is 0 Å². The third-order valence-electron chi connectivity index (χ3n) is 2.74. The van der Waals surface area contributed by atoms with Crippen molar-refractivity contribution in [1.82, 2.24) is 0 Å². The highest BCUT2D eigenvalue weighted by Crippen LogP contribution is 2.31. The smallest absolute Gasteiger partial charge is 0.143 e. The summed E-state index contributed by atoms with van der Waals surface area (Å²) < 4.78 is 18.6. The van der Waals surface area contributed by atoms with Gasteiger partial charge in [0, 0.05) is 5.69 Å². The van der Waals surface area contributed by atoms with E-state index in [0.717, 1.165) is 0 Å². The van der Waals surface area contributed by atoms with Gasteiger partial charge >= 0.3 is 0 Å². The lowest BCUT2D eigenvalue weighted by Crippen LogP contribution is -1.99. The molecule has 0 aliphatic heterocycles. The molecule has 94 valence electrons. The fraction of sp³-hybridized carbons (Fsp3) is 0.143. The van der Waals surface area contributed by atoms with Crippen LogP contribution in [-0.4, -0.2) is 7.11 Å². The van der Waals surface area contributed by atoms with Gasteiger partial charge in [-0.3, -0.25) is 0 Å². The number of aryl methyl sites for hydroxylation is 1. The van der Waals surface area contributed by atoms with E-state index >= 15 is 0 Å². The summed E-state index contributed by atoms with van der Waals surface area (Å²) in [5.74, 6) is 0.342. The van der Waals surface area contributed by atoms with Gasteiger partial charge in [0.15, 0.2) is 0 Å². The van der Waals surface area contributed by atoms with Crippen LogP contribution in [0.2, 0.25) is 0 Å². The predicted molar refractivity (Wildman–Crippen MR) is 71.8 cm³/mol. The van der Waals surface area contributed by atoms with Crippen molar-refractivity contribution in [3.05, 3.63) is 47.8 Å². The van der Waals surface area contributed by atoms with Gasteiger partial charge in [0.25, 0.3) is 0 Å². The zero-order valence-corrected chi connectivity index (χ0v) is 10.3. The minimum atomic E-state index is -0.249. The van der Waals surface area contributed by atoms with Crippen LogP contribution in [0.25, 0.3) is 0 Å². The second kappa shape index (κ2) is 4.96. The lowest BCUT2D eigenvalue weighted by Gasteiger charge is -2.12. The van der Waals surface area contributed by atoms with Gasteiger partial charge in [-0.05, 0) is 36.8 Å². The number of nitrogen functional groups attached to an aromatic ring is 1. The highest BCUT2D eigenvalue weighted by molar-refractivity contribution is 5.77. The number of nitrogens with one attached hydrogen (secondary N) is 1. The summed E-state index contributed by atoms with van der Waals surface area (Å²) in [5, 5.41) is 3.07. The molecule has 0 unspecified atom stereocenters. The molecule has 2 aromatic carbocycles. The van der Waals surface area contributed by atoms with Gasteiger partial charge in [-0.1, -0.05) is 12.1 Å². The van der Waals surface area contributed by atoms with Crippen LogP contribution in [0.3, 0.4) is 0 Å². The molecule has 3 N–H and O–H groups in total. The lowest BCUT2D eigenvalue weighted by atomic mass is 10.2. The van der Waals surface area contributed by atoms with Crippen LogP contribution in [0.1, 0.15) is 5.56 Å². The third-order valence-corrected chi connectivity index (χ3v) is 2.74. The molecule has 0 saturated heterocycles. The monoisotopic (exact) mass is 246 g/mol. The number of methoxy groups -OCH3 is 1. The first-order valence-corrected chi connectivity index (χ1v) is 5.57. The minimum Gasteiger partial charge on any atom is -0.495 e. The third kappa shape index (κ3) is 2.37. The molecule has 0 radical (unpaired) electrons. The number of hydrogen-bond donors (Lipinski definition) is 2. The first kappa shape index (κ1) is 12.2. The van der Waals surface area contributed by atoms with E-state index in [1.807, 2.05) is 12.1 Å². The molecular formula is C14H15FN2O. The van der Waals surface area contributed by atoms with Crippen LogP contribution in [0.15, 0.2) is 36.4 Å². The molecule has 0 aromatic heterocycles. The summed E-state index contributed by atoms with van der Waals surface area (Å²) in [4.78, 5) is 0.